The van der Waals surface area contributed by atoms with E-state index in [2.05, 4.69) is 30.2 Å². The van der Waals surface area contributed by atoms with Gasteiger partial charge in [-0.3, -0.25) is 14.4 Å². The lowest BCUT2D eigenvalue weighted by Gasteiger charge is -2.44. The second-order valence-electron chi connectivity index (χ2n) is 11.5. The minimum Gasteiger partial charge on any atom is -0.507 e. The molecule has 2 amide bonds. The maximum atomic E-state index is 12.8. The monoisotopic (exact) mass is 494 g/mol. The summed E-state index contributed by atoms with van der Waals surface area (Å²) in [5, 5.41) is 27.6. The minimum atomic E-state index is -0.687. The Kier molecular flexibility index (Phi) is 6.95. The number of ketones is 1. The highest BCUT2D eigenvalue weighted by molar-refractivity contribution is 6.27. The minimum absolute atomic E-state index is 0.0377. The van der Waals surface area contributed by atoms with Crippen LogP contribution in [0.1, 0.15) is 45.4 Å². The number of rotatable bonds is 1. The fraction of sp³-hybridized carbons (Fsp3) is 0.621. The number of hydrogen-bond acceptors (Lipinski definition) is 5. The zero-order chi connectivity index (χ0) is 25.6. The molecule has 3 aliphatic carbocycles. The second kappa shape index (κ2) is 10.0. The Labute approximate surface area is 212 Å². The molecule has 3 saturated carbocycles. The lowest BCUT2D eigenvalue weighted by Crippen LogP contribution is -2.43. The summed E-state index contributed by atoms with van der Waals surface area (Å²) >= 11 is 0. The third-order valence-electron chi connectivity index (χ3n) is 9.78. The fourth-order valence-electron chi connectivity index (χ4n) is 8.19. The van der Waals surface area contributed by atoms with Crippen LogP contribution in [-0.2, 0) is 14.4 Å². The summed E-state index contributed by atoms with van der Waals surface area (Å²) in [6, 6.07) is -0.687. The van der Waals surface area contributed by atoms with Gasteiger partial charge in [0.1, 0.15) is 11.3 Å². The predicted octanol–water partition coefficient (Wildman–Crippen LogP) is 2.99. The van der Waals surface area contributed by atoms with Gasteiger partial charge in [-0.15, -0.1) is 6.58 Å². The van der Waals surface area contributed by atoms with Crippen LogP contribution in [0, 0.1) is 47.3 Å². The molecule has 2 aliphatic heterocycles. The van der Waals surface area contributed by atoms with E-state index in [0.717, 1.165) is 12.8 Å². The molecule has 2 heterocycles. The number of carbonyl (C=O) groups is 3. The molecule has 194 valence electrons. The van der Waals surface area contributed by atoms with Crippen molar-refractivity contribution in [2.45, 2.75) is 57.6 Å². The first-order valence-electron chi connectivity index (χ1n) is 13.5. The summed E-state index contributed by atoms with van der Waals surface area (Å²) in [6.45, 7) is 6.74. The summed E-state index contributed by atoms with van der Waals surface area (Å²) in [5.74, 6) is 1.28. The average Bonchev–Trinajstić information content (AvgIpc) is 3.46. The molecular weight excluding hydrogens is 456 g/mol. The highest BCUT2D eigenvalue weighted by atomic mass is 16.3. The number of aliphatic hydroxyl groups is 2. The molecule has 1 saturated heterocycles. The van der Waals surface area contributed by atoms with E-state index in [1.807, 2.05) is 12.2 Å². The van der Waals surface area contributed by atoms with Crippen molar-refractivity contribution in [3.8, 4) is 0 Å². The van der Waals surface area contributed by atoms with Gasteiger partial charge in [0, 0.05) is 6.54 Å². The van der Waals surface area contributed by atoms with Crippen molar-refractivity contribution in [3.63, 3.8) is 0 Å². The quantitative estimate of drug-likeness (QED) is 0.330. The molecule has 5 rings (SSSR count). The van der Waals surface area contributed by atoms with E-state index < -0.39 is 23.8 Å². The van der Waals surface area contributed by atoms with Crippen molar-refractivity contribution >= 4 is 17.6 Å². The molecule has 0 aromatic rings. The number of aliphatic hydroxyl groups excluding tert-OH is 2. The smallest absolute Gasteiger partial charge is 0.259 e. The van der Waals surface area contributed by atoms with Gasteiger partial charge in [-0.1, -0.05) is 25.2 Å². The molecule has 0 radical (unpaired) electrons. The van der Waals surface area contributed by atoms with Crippen molar-refractivity contribution < 1.29 is 24.6 Å². The summed E-state index contributed by atoms with van der Waals surface area (Å²) in [6.07, 6.45) is 12.9. The van der Waals surface area contributed by atoms with Crippen LogP contribution in [-0.4, -0.2) is 46.5 Å². The number of fused-ring (bicyclic) bond motifs is 7. The van der Waals surface area contributed by atoms with Crippen LogP contribution in [0.4, 0.5) is 0 Å². The summed E-state index contributed by atoms with van der Waals surface area (Å²) in [5.41, 5.74) is -0.197. The van der Waals surface area contributed by atoms with Crippen molar-refractivity contribution in [3.05, 3.63) is 48.3 Å². The van der Waals surface area contributed by atoms with Crippen molar-refractivity contribution in [1.82, 2.24) is 10.6 Å². The van der Waals surface area contributed by atoms with Crippen LogP contribution in [0.15, 0.2) is 48.3 Å². The van der Waals surface area contributed by atoms with Crippen LogP contribution in [0.3, 0.4) is 0 Å². The van der Waals surface area contributed by atoms with Gasteiger partial charge < -0.3 is 20.8 Å². The first-order chi connectivity index (χ1) is 17.3. The maximum absolute atomic E-state index is 12.8. The Morgan fingerprint density at radius 2 is 1.89 bits per heavy atom. The van der Waals surface area contributed by atoms with Gasteiger partial charge in [0.2, 0.25) is 5.91 Å². The average molecular weight is 495 g/mol. The molecule has 0 spiro atoms. The molecule has 7 nitrogen and oxygen atoms in total. The third kappa shape index (κ3) is 4.36. The van der Waals surface area contributed by atoms with Gasteiger partial charge in [0.05, 0.1) is 12.1 Å². The van der Waals surface area contributed by atoms with Crippen molar-refractivity contribution in [1.29, 1.82) is 0 Å². The van der Waals surface area contributed by atoms with Gasteiger partial charge in [0.25, 0.3) is 5.91 Å². The number of amides is 2. The lowest BCUT2D eigenvalue weighted by atomic mass is 9.62. The highest BCUT2D eigenvalue weighted by Crippen LogP contribution is 2.62. The van der Waals surface area contributed by atoms with Crippen LogP contribution < -0.4 is 10.6 Å². The fourth-order valence-corrected chi connectivity index (χ4v) is 8.19. The van der Waals surface area contributed by atoms with E-state index >= 15 is 0 Å². The second-order valence-corrected chi connectivity index (χ2v) is 11.5. The molecule has 10 atom stereocenters. The Hall–Kier alpha value is -2.67. The van der Waals surface area contributed by atoms with E-state index in [0.29, 0.717) is 61.8 Å². The Balaban J connectivity index is 1.46. The molecule has 0 aromatic carbocycles. The molecule has 2 bridgehead atoms. The van der Waals surface area contributed by atoms with Crippen molar-refractivity contribution in [2.75, 3.05) is 6.54 Å². The Bertz CT molecular complexity index is 1030. The molecule has 5 aliphatic rings. The SMILES string of the molecule is C=CC1CC2CC3C4CC=CC(=O)NCCCC5NC(=O)C(=C(O)C=CC4CC(O)C3C2C1C)C5=O. The molecule has 0 aromatic heterocycles. The number of carbonyl (C=O) groups excluding carboxylic acids is 3. The standard InChI is InChI=1S/C29H38N2O5/c1-3-16-12-18-13-20-19-6-4-8-24(34)30-11-5-7-21-28(35)27(29(36)31-21)22(32)10-9-17(19)14-23(33)26(20)25(18)15(16)2/h3-4,8-10,15-21,23,25-26,32-33H,1,5-7,11-14H2,2H3,(H,30,34)(H,31,36). The van der Waals surface area contributed by atoms with E-state index in [4.69, 9.17) is 0 Å². The maximum Gasteiger partial charge on any atom is 0.259 e. The van der Waals surface area contributed by atoms with E-state index in [9.17, 15) is 24.6 Å². The van der Waals surface area contributed by atoms with Gasteiger partial charge >= 0.3 is 0 Å². The van der Waals surface area contributed by atoms with Crippen LogP contribution in [0.2, 0.25) is 0 Å². The molecular formula is C29H38N2O5. The van der Waals surface area contributed by atoms with E-state index in [1.165, 1.54) is 6.08 Å². The molecule has 4 N–H and O–H groups in total. The molecule has 10 unspecified atom stereocenters. The van der Waals surface area contributed by atoms with E-state index in [-0.39, 0.29) is 35.0 Å². The van der Waals surface area contributed by atoms with Crippen LogP contribution in [0.25, 0.3) is 0 Å². The van der Waals surface area contributed by atoms with Crippen LogP contribution >= 0.6 is 0 Å². The van der Waals surface area contributed by atoms with Gasteiger partial charge in [-0.2, -0.15) is 0 Å². The summed E-state index contributed by atoms with van der Waals surface area (Å²) in [4.78, 5) is 37.6. The zero-order valence-corrected chi connectivity index (χ0v) is 20.9. The first-order valence-corrected chi connectivity index (χ1v) is 13.5. The van der Waals surface area contributed by atoms with Gasteiger partial charge in [-0.25, -0.2) is 0 Å². The van der Waals surface area contributed by atoms with Crippen molar-refractivity contribution in [2.24, 2.45) is 47.3 Å². The van der Waals surface area contributed by atoms with Gasteiger partial charge in [-0.05, 0) is 98.0 Å². The topological polar surface area (TPSA) is 116 Å². The van der Waals surface area contributed by atoms with E-state index in [1.54, 1.807) is 6.08 Å². The predicted molar refractivity (Wildman–Crippen MR) is 135 cm³/mol. The summed E-state index contributed by atoms with van der Waals surface area (Å²) in [7, 11) is 0. The Morgan fingerprint density at radius 3 is 2.67 bits per heavy atom. The number of hydrogen-bond donors (Lipinski definition) is 4. The van der Waals surface area contributed by atoms with Crippen LogP contribution in [0.5, 0.6) is 0 Å². The lowest BCUT2D eigenvalue weighted by molar-refractivity contribution is -0.118. The number of Topliss-reactive ketones (excluding diaryl/α,β-unsaturated/α-hetero) is 1. The number of nitrogens with one attached hydrogen (secondary N) is 2. The first kappa shape index (κ1) is 25.0. The Morgan fingerprint density at radius 1 is 1.08 bits per heavy atom. The van der Waals surface area contributed by atoms with Gasteiger partial charge in [0.15, 0.2) is 5.78 Å². The zero-order valence-electron chi connectivity index (χ0n) is 20.9. The summed E-state index contributed by atoms with van der Waals surface area (Å²) < 4.78 is 0. The molecule has 36 heavy (non-hydrogen) atoms. The highest BCUT2D eigenvalue weighted by Gasteiger charge is 2.57. The molecule has 7 heteroatoms. The largest absolute Gasteiger partial charge is 0.507 e. The third-order valence-corrected chi connectivity index (χ3v) is 9.78. The molecule has 4 fully saturated rings. The number of allylic oxidation sites excluding steroid dienone is 4. The normalized spacial score (nSPS) is 43.0.